The second-order valence-corrected chi connectivity index (χ2v) is 13.5. The number of thioether (sulfide) groups is 1. The number of halogens is 2. The van der Waals surface area contributed by atoms with Crippen LogP contribution in [0.5, 0.6) is 0 Å². The van der Waals surface area contributed by atoms with Crippen molar-refractivity contribution in [2.75, 3.05) is 42.3 Å². The Balaban J connectivity index is 1.47. The van der Waals surface area contributed by atoms with Crippen molar-refractivity contribution in [3.05, 3.63) is 61.9 Å². The van der Waals surface area contributed by atoms with Gasteiger partial charge in [-0.25, -0.2) is 18.0 Å². The van der Waals surface area contributed by atoms with Gasteiger partial charge in [-0.1, -0.05) is 41.9 Å². The van der Waals surface area contributed by atoms with Crippen LogP contribution < -0.4 is 10.6 Å². The van der Waals surface area contributed by atoms with Crippen LogP contribution >= 0.6 is 39.3 Å². The number of hydrogen-bond donors (Lipinski definition) is 0. The molecule has 2 aromatic carbocycles. The van der Waals surface area contributed by atoms with Crippen molar-refractivity contribution in [3.63, 3.8) is 0 Å². The highest BCUT2D eigenvalue weighted by atomic mass is 79.9. The SMILES string of the molecule is CS(=O)(=O)C[C@@H]1CN(c2nc(=O)n3c4c(c(Br)c(Cl)cc24)SCC3)CCN1C(=O)OCc1ccccc1. The first kappa shape index (κ1) is 26.3. The molecular weight excluding hydrogens is 604 g/mol. The van der Waals surface area contributed by atoms with Crippen LogP contribution in [-0.2, 0) is 27.7 Å². The summed E-state index contributed by atoms with van der Waals surface area (Å²) in [5, 5.41) is 1.22. The zero-order valence-corrected chi connectivity index (χ0v) is 23.9. The molecule has 3 heterocycles. The number of carbonyl (C=O) groups is 1. The van der Waals surface area contributed by atoms with Gasteiger partial charge in [-0.3, -0.25) is 4.57 Å². The Morgan fingerprint density at radius 2 is 2.00 bits per heavy atom. The first-order chi connectivity index (χ1) is 17.6. The van der Waals surface area contributed by atoms with E-state index in [1.54, 1.807) is 22.4 Å². The Morgan fingerprint density at radius 1 is 1.24 bits per heavy atom. The van der Waals surface area contributed by atoms with E-state index in [0.717, 1.165) is 32.5 Å². The first-order valence-electron chi connectivity index (χ1n) is 11.6. The van der Waals surface area contributed by atoms with E-state index in [9.17, 15) is 18.0 Å². The lowest BCUT2D eigenvalue weighted by atomic mass is 10.1. The zero-order valence-electron chi connectivity index (χ0n) is 19.9. The van der Waals surface area contributed by atoms with Crippen LogP contribution in [0.15, 0.2) is 50.6 Å². The summed E-state index contributed by atoms with van der Waals surface area (Å²) in [6.45, 7) is 1.36. The molecular formula is C24H24BrClN4O5S2. The quantitative estimate of drug-likeness (QED) is 0.421. The Labute approximate surface area is 231 Å². The maximum absolute atomic E-state index is 13.0. The summed E-state index contributed by atoms with van der Waals surface area (Å²) in [7, 11) is -3.43. The Bertz CT molecular complexity index is 1530. The molecule has 9 nitrogen and oxygen atoms in total. The summed E-state index contributed by atoms with van der Waals surface area (Å²) in [5.41, 5.74) is 1.22. The van der Waals surface area contributed by atoms with Crippen molar-refractivity contribution in [2.45, 2.75) is 24.1 Å². The molecule has 5 rings (SSSR count). The molecule has 13 heteroatoms. The highest BCUT2D eigenvalue weighted by Crippen LogP contribution is 2.43. The molecule has 1 amide bonds. The molecule has 37 heavy (non-hydrogen) atoms. The lowest BCUT2D eigenvalue weighted by Gasteiger charge is -2.41. The molecule has 0 unspecified atom stereocenters. The molecule has 0 radical (unpaired) electrons. The highest BCUT2D eigenvalue weighted by Gasteiger charge is 2.35. The topological polar surface area (TPSA) is 102 Å². The van der Waals surface area contributed by atoms with Gasteiger partial charge in [0.15, 0.2) is 0 Å². The van der Waals surface area contributed by atoms with Crippen LogP contribution in [0, 0.1) is 0 Å². The number of nitrogens with zero attached hydrogens (tertiary/aromatic N) is 4. The van der Waals surface area contributed by atoms with E-state index in [1.807, 2.05) is 35.2 Å². The summed E-state index contributed by atoms with van der Waals surface area (Å²) in [4.78, 5) is 34.6. The Kier molecular flexibility index (Phi) is 7.45. The van der Waals surface area contributed by atoms with Crippen LogP contribution in [0.1, 0.15) is 5.56 Å². The smallest absolute Gasteiger partial charge is 0.410 e. The normalized spacial score (nSPS) is 17.8. The third kappa shape index (κ3) is 5.47. The second kappa shape index (κ2) is 10.5. The van der Waals surface area contributed by atoms with Crippen molar-refractivity contribution >= 4 is 71.9 Å². The van der Waals surface area contributed by atoms with Crippen molar-refractivity contribution in [2.24, 2.45) is 0 Å². The summed E-state index contributed by atoms with van der Waals surface area (Å²) >= 11 is 11.7. The number of sulfone groups is 1. The molecule has 196 valence electrons. The van der Waals surface area contributed by atoms with Gasteiger partial charge in [0.05, 0.1) is 26.8 Å². The van der Waals surface area contributed by atoms with Crippen LogP contribution in [0.25, 0.3) is 10.9 Å². The Morgan fingerprint density at radius 3 is 2.73 bits per heavy atom. The molecule has 0 bridgehead atoms. The molecule has 0 spiro atoms. The maximum Gasteiger partial charge on any atom is 0.410 e. The van der Waals surface area contributed by atoms with E-state index in [0.29, 0.717) is 29.3 Å². The van der Waals surface area contributed by atoms with Crippen molar-refractivity contribution in [1.82, 2.24) is 14.5 Å². The van der Waals surface area contributed by atoms with Gasteiger partial charge in [-0.15, -0.1) is 11.8 Å². The molecule has 1 saturated heterocycles. The van der Waals surface area contributed by atoms with E-state index in [2.05, 4.69) is 20.9 Å². The number of aromatic nitrogens is 2. The fourth-order valence-electron chi connectivity index (χ4n) is 4.74. The fourth-order valence-corrected chi connectivity index (χ4v) is 7.70. The second-order valence-electron chi connectivity index (χ2n) is 9.04. The number of benzene rings is 2. The summed E-state index contributed by atoms with van der Waals surface area (Å²) in [6.07, 6.45) is 0.562. The minimum absolute atomic E-state index is 0.0870. The number of anilines is 1. The van der Waals surface area contributed by atoms with Gasteiger partial charge in [0.1, 0.15) is 22.3 Å². The number of hydrogen-bond acceptors (Lipinski definition) is 8. The first-order valence-corrected chi connectivity index (χ1v) is 15.8. The molecule has 0 N–H and O–H groups in total. The molecule has 0 aliphatic carbocycles. The van der Waals surface area contributed by atoms with Crippen molar-refractivity contribution in [1.29, 1.82) is 0 Å². The van der Waals surface area contributed by atoms with E-state index in [1.165, 1.54) is 4.90 Å². The third-order valence-electron chi connectivity index (χ3n) is 6.37. The zero-order chi connectivity index (χ0) is 26.3. The predicted octanol–water partition coefficient (Wildman–Crippen LogP) is 3.79. The van der Waals surface area contributed by atoms with E-state index < -0.39 is 22.0 Å². The highest BCUT2D eigenvalue weighted by molar-refractivity contribution is 9.10. The number of ether oxygens (including phenoxy) is 1. The van der Waals surface area contributed by atoms with Crippen LogP contribution in [-0.4, -0.2) is 72.4 Å². The number of piperazine rings is 1. The van der Waals surface area contributed by atoms with Gasteiger partial charge in [0, 0.05) is 48.5 Å². The van der Waals surface area contributed by atoms with Gasteiger partial charge in [0.25, 0.3) is 0 Å². The van der Waals surface area contributed by atoms with Crippen LogP contribution in [0.4, 0.5) is 10.6 Å². The molecule has 3 aromatic rings. The summed E-state index contributed by atoms with van der Waals surface area (Å²) in [6, 6.07) is 10.4. The van der Waals surface area contributed by atoms with Gasteiger partial charge in [0.2, 0.25) is 0 Å². The van der Waals surface area contributed by atoms with E-state index in [-0.39, 0.29) is 31.1 Å². The van der Waals surface area contributed by atoms with E-state index >= 15 is 0 Å². The fraction of sp³-hybridized carbons (Fsp3) is 0.375. The van der Waals surface area contributed by atoms with Gasteiger partial charge in [-0.05, 0) is 27.6 Å². The van der Waals surface area contributed by atoms with Crippen LogP contribution in [0.2, 0.25) is 5.02 Å². The molecule has 2 aliphatic heterocycles. The largest absolute Gasteiger partial charge is 0.445 e. The molecule has 1 fully saturated rings. The molecule has 0 saturated carbocycles. The Hall–Kier alpha value is -2.28. The minimum Gasteiger partial charge on any atom is -0.445 e. The summed E-state index contributed by atoms with van der Waals surface area (Å²) in [5.74, 6) is 0.916. The van der Waals surface area contributed by atoms with Crippen molar-refractivity contribution < 1.29 is 17.9 Å². The number of aryl methyl sites for hydroxylation is 1. The number of carbonyl (C=O) groups excluding carboxylic acids is 1. The molecule has 1 aromatic heterocycles. The molecule has 1 atom stereocenters. The van der Waals surface area contributed by atoms with E-state index in [4.69, 9.17) is 16.3 Å². The van der Waals surface area contributed by atoms with Gasteiger partial charge >= 0.3 is 11.8 Å². The number of amides is 1. The van der Waals surface area contributed by atoms with Crippen LogP contribution in [0.3, 0.4) is 0 Å². The minimum atomic E-state index is -3.43. The lowest BCUT2D eigenvalue weighted by Crippen LogP contribution is -2.58. The molecule has 2 aliphatic rings. The summed E-state index contributed by atoms with van der Waals surface area (Å²) < 4.78 is 32.5. The standard InChI is InChI=1S/C24H24BrClN4O5S2/c1-37(33,34)14-16-12-28(7-8-29(16)24(32)35-13-15-5-3-2-4-6-15)22-17-11-18(26)19(25)21-20(17)30(9-10-36-21)23(31)27-22/h2-6,11,16H,7-10,12-14H2,1H3/t16-/m0/s1. The van der Waals surface area contributed by atoms with Gasteiger partial charge < -0.3 is 14.5 Å². The average molecular weight is 628 g/mol. The predicted molar refractivity (Wildman–Crippen MR) is 148 cm³/mol. The third-order valence-corrected chi connectivity index (χ3v) is 10.0. The maximum atomic E-state index is 13.0. The average Bonchev–Trinajstić information content (AvgIpc) is 2.87. The lowest BCUT2D eigenvalue weighted by molar-refractivity contribution is 0.0800. The monoisotopic (exact) mass is 626 g/mol. The van der Waals surface area contributed by atoms with Crippen molar-refractivity contribution in [3.8, 4) is 0 Å². The number of rotatable bonds is 5. The van der Waals surface area contributed by atoms with Gasteiger partial charge in [-0.2, -0.15) is 4.98 Å².